The molecule has 0 aliphatic carbocycles. The molecule has 4 aliphatic heterocycles. The van der Waals surface area contributed by atoms with E-state index in [1.807, 2.05) is 12.1 Å². The van der Waals surface area contributed by atoms with Crippen molar-refractivity contribution in [2.24, 2.45) is 0 Å². The van der Waals surface area contributed by atoms with E-state index >= 15 is 4.39 Å². The second kappa shape index (κ2) is 10.6. The molecule has 2 aromatic carbocycles. The zero-order chi connectivity index (χ0) is 29.1. The zero-order valence-corrected chi connectivity index (χ0v) is 24.0. The second-order valence-corrected chi connectivity index (χ2v) is 12.7. The average Bonchev–Trinajstić information content (AvgIpc) is 3.69. The van der Waals surface area contributed by atoms with Crippen LogP contribution < -0.4 is 15.0 Å². The van der Waals surface area contributed by atoms with Crippen molar-refractivity contribution in [3.8, 4) is 17.3 Å². The predicted molar refractivity (Wildman–Crippen MR) is 160 cm³/mol. The number of anilines is 1. The number of halogens is 3. The van der Waals surface area contributed by atoms with E-state index in [0.29, 0.717) is 46.4 Å². The van der Waals surface area contributed by atoms with E-state index in [4.69, 9.17) is 9.72 Å². The molecule has 2 bridgehead atoms. The molecule has 6 heterocycles. The van der Waals surface area contributed by atoms with Gasteiger partial charge in [0.25, 0.3) is 0 Å². The first-order valence-electron chi connectivity index (χ1n) is 15.5. The van der Waals surface area contributed by atoms with Crippen LogP contribution in [0.4, 0.5) is 19.0 Å². The third kappa shape index (κ3) is 4.70. The number of nitrogens with one attached hydrogen (secondary N) is 1. The van der Waals surface area contributed by atoms with Crippen LogP contribution in [0.25, 0.3) is 32.9 Å². The van der Waals surface area contributed by atoms with Gasteiger partial charge in [-0.3, -0.25) is 9.88 Å². The fourth-order valence-electron chi connectivity index (χ4n) is 8.10. The van der Waals surface area contributed by atoms with Gasteiger partial charge in [0.2, 0.25) is 6.43 Å². The van der Waals surface area contributed by atoms with Crippen molar-refractivity contribution in [1.29, 1.82) is 0 Å². The molecule has 4 aromatic rings. The molecule has 8 rings (SSSR count). The Hall–Kier alpha value is -3.50. The van der Waals surface area contributed by atoms with Crippen molar-refractivity contribution >= 4 is 27.5 Å². The van der Waals surface area contributed by atoms with Crippen LogP contribution in [-0.4, -0.2) is 76.7 Å². The van der Waals surface area contributed by atoms with Gasteiger partial charge in [-0.05, 0) is 68.0 Å². The average molecular weight is 589 g/mol. The first-order valence-corrected chi connectivity index (χ1v) is 15.5. The van der Waals surface area contributed by atoms with E-state index in [-0.39, 0.29) is 22.8 Å². The monoisotopic (exact) mass is 588 g/mol. The molecule has 10 heteroatoms. The summed E-state index contributed by atoms with van der Waals surface area (Å²) in [5.41, 5.74) is 1.17. The molecule has 224 valence electrons. The molecule has 2 aromatic heterocycles. The molecule has 4 aliphatic rings. The fraction of sp³-hybridized carbons (Fsp3) is 0.485. The predicted octanol–water partition coefficient (Wildman–Crippen LogP) is 5.74. The van der Waals surface area contributed by atoms with Gasteiger partial charge < -0.3 is 15.0 Å². The second-order valence-electron chi connectivity index (χ2n) is 12.7. The third-order valence-corrected chi connectivity index (χ3v) is 10.1. The maximum atomic E-state index is 16.7. The lowest BCUT2D eigenvalue weighted by Gasteiger charge is -2.34. The van der Waals surface area contributed by atoms with E-state index in [1.165, 1.54) is 0 Å². The first-order chi connectivity index (χ1) is 21.0. The van der Waals surface area contributed by atoms with Gasteiger partial charge in [0, 0.05) is 43.4 Å². The zero-order valence-electron chi connectivity index (χ0n) is 24.0. The Morgan fingerprint density at radius 2 is 1.74 bits per heavy atom. The highest BCUT2D eigenvalue weighted by molar-refractivity contribution is 6.00. The Labute approximate surface area is 248 Å². The van der Waals surface area contributed by atoms with Gasteiger partial charge in [0.15, 0.2) is 5.82 Å². The van der Waals surface area contributed by atoms with Crippen LogP contribution in [0.15, 0.2) is 42.6 Å². The summed E-state index contributed by atoms with van der Waals surface area (Å²) >= 11 is 0. The summed E-state index contributed by atoms with van der Waals surface area (Å²) in [6.45, 7) is 4.18. The number of fused-ring (bicyclic) bond motifs is 5. The summed E-state index contributed by atoms with van der Waals surface area (Å²) in [7, 11) is 0. The lowest BCUT2D eigenvalue weighted by atomic mass is 9.95. The molecule has 0 saturated carbocycles. The molecule has 0 unspecified atom stereocenters. The molecule has 7 nitrogen and oxygen atoms in total. The number of nitrogens with zero attached hydrogens (tertiary/aromatic N) is 5. The van der Waals surface area contributed by atoms with Gasteiger partial charge in [0.1, 0.15) is 23.6 Å². The molecule has 4 fully saturated rings. The van der Waals surface area contributed by atoms with Crippen molar-refractivity contribution in [3.63, 3.8) is 0 Å². The maximum absolute atomic E-state index is 16.7. The molecule has 0 amide bonds. The Morgan fingerprint density at radius 1 is 1.00 bits per heavy atom. The van der Waals surface area contributed by atoms with Gasteiger partial charge in [-0.25, -0.2) is 13.2 Å². The summed E-state index contributed by atoms with van der Waals surface area (Å²) in [4.78, 5) is 18.9. The van der Waals surface area contributed by atoms with Gasteiger partial charge >= 0.3 is 6.01 Å². The van der Waals surface area contributed by atoms with Crippen molar-refractivity contribution in [1.82, 2.24) is 25.2 Å². The van der Waals surface area contributed by atoms with Crippen LogP contribution in [0.5, 0.6) is 6.01 Å². The molecular formula is C33H35F3N6O. The number of pyridine rings is 1. The summed E-state index contributed by atoms with van der Waals surface area (Å²) in [5, 5.41) is 5.53. The van der Waals surface area contributed by atoms with Crippen LogP contribution in [0, 0.1) is 5.82 Å². The van der Waals surface area contributed by atoms with Gasteiger partial charge in [-0.1, -0.05) is 36.4 Å². The molecule has 0 radical (unpaired) electrons. The minimum atomic E-state index is -2.52. The van der Waals surface area contributed by atoms with Crippen molar-refractivity contribution in [2.45, 2.75) is 69.0 Å². The third-order valence-electron chi connectivity index (χ3n) is 10.1. The number of hydrogen-bond donors (Lipinski definition) is 1. The first kappa shape index (κ1) is 27.1. The molecule has 43 heavy (non-hydrogen) atoms. The van der Waals surface area contributed by atoms with E-state index in [0.717, 1.165) is 70.1 Å². The topological polar surface area (TPSA) is 66.4 Å². The van der Waals surface area contributed by atoms with Crippen LogP contribution in [0.3, 0.4) is 0 Å². The SMILES string of the molecule is Fc1c(-c2cccc3cccc(CC(F)F)c23)ncc2c(N3C[C@H]4CC[C@@H](C3)N4)nc(OCC34CCCN3CCC4)nc12. The number of hydrogen-bond acceptors (Lipinski definition) is 7. The summed E-state index contributed by atoms with van der Waals surface area (Å²) in [6.07, 6.45) is 5.37. The quantitative estimate of drug-likeness (QED) is 0.295. The van der Waals surface area contributed by atoms with E-state index in [1.54, 1.807) is 30.5 Å². The standard InChI is InChI=1S/C33H35F3N6O/c34-26(35)15-21-7-1-5-20-6-2-8-24(27(20)21)29-28(36)30-25(16-37-29)31(41-17-22-9-10-23(18-41)38-22)40-32(39-30)43-19-33-11-3-13-42(33)14-4-12-33/h1-2,5-8,16,22-23,26,38H,3-4,9-15,17-19H2/t22-,23+. The number of rotatable bonds is 7. The fourth-order valence-corrected chi connectivity index (χ4v) is 8.10. The van der Waals surface area contributed by atoms with Crippen LogP contribution in [-0.2, 0) is 6.42 Å². The Kier molecular flexibility index (Phi) is 6.67. The molecule has 2 atom stereocenters. The van der Waals surface area contributed by atoms with E-state index < -0.39 is 18.7 Å². The number of piperazine rings is 1. The van der Waals surface area contributed by atoms with Crippen LogP contribution in [0.1, 0.15) is 44.1 Å². The highest BCUT2D eigenvalue weighted by Crippen LogP contribution is 2.40. The molecule has 0 spiro atoms. The van der Waals surface area contributed by atoms with Gasteiger partial charge in [-0.2, -0.15) is 9.97 Å². The van der Waals surface area contributed by atoms with Crippen molar-refractivity contribution < 1.29 is 17.9 Å². The summed E-state index contributed by atoms with van der Waals surface area (Å²) in [5.74, 6) is 0.0461. The largest absolute Gasteiger partial charge is 0.461 e. The lowest BCUT2D eigenvalue weighted by molar-refractivity contribution is 0.108. The summed E-state index contributed by atoms with van der Waals surface area (Å²) < 4.78 is 50.1. The Balaban J connectivity index is 1.25. The van der Waals surface area contributed by atoms with Gasteiger partial charge in [-0.15, -0.1) is 0 Å². The van der Waals surface area contributed by atoms with E-state index in [9.17, 15) is 8.78 Å². The molecule has 4 saturated heterocycles. The van der Waals surface area contributed by atoms with E-state index in [2.05, 4.69) is 25.1 Å². The van der Waals surface area contributed by atoms with Crippen molar-refractivity contribution in [3.05, 3.63) is 54.0 Å². The highest BCUT2D eigenvalue weighted by Gasteiger charge is 2.45. The van der Waals surface area contributed by atoms with Crippen LogP contribution in [0.2, 0.25) is 0 Å². The van der Waals surface area contributed by atoms with Crippen molar-refractivity contribution in [2.75, 3.05) is 37.7 Å². The highest BCUT2D eigenvalue weighted by atomic mass is 19.3. The Morgan fingerprint density at radius 3 is 2.49 bits per heavy atom. The maximum Gasteiger partial charge on any atom is 0.319 e. The minimum Gasteiger partial charge on any atom is -0.461 e. The number of aromatic nitrogens is 3. The molecule has 1 N–H and O–H groups in total. The normalized spacial score (nSPS) is 23.1. The number of alkyl halides is 2. The molecular weight excluding hydrogens is 553 g/mol. The van der Waals surface area contributed by atoms with Gasteiger partial charge in [0.05, 0.1) is 10.9 Å². The number of ether oxygens (including phenoxy) is 1. The minimum absolute atomic E-state index is 0.00135. The summed E-state index contributed by atoms with van der Waals surface area (Å²) in [6, 6.07) is 11.6. The lowest BCUT2D eigenvalue weighted by Crippen LogP contribution is -2.51. The smallest absolute Gasteiger partial charge is 0.319 e. The van der Waals surface area contributed by atoms with Crippen LogP contribution >= 0.6 is 0 Å². The Bertz CT molecular complexity index is 1670. The number of benzene rings is 2.